The number of allylic oxidation sites excluding steroid dienone is 1. The molecule has 1 heteroatoms. The van der Waals surface area contributed by atoms with Gasteiger partial charge >= 0.3 is 0 Å². The van der Waals surface area contributed by atoms with Crippen LogP contribution < -0.4 is 0 Å². The largest absolute Gasteiger partial charge is 0.247 e. The smallest absolute Gasteiger partial charge is 0.100 e. The normalized spacial score (nSPS) is 40.6. The lowest BCUT2D eigenvalue weighted by Crippen LogP contribution is -2.26. The van der Waals surface area contributed by atoms with E-state index in [4.69, 9.17) is 0 Å². The van der Waals surface area contributed by atoms with Crippen LogP contribution in [0, 0.1) is 17.8 Å². The van der Waals surface area contributed by atoms with Crippen molar-refractivity contribution in [2.24, 2.45) is 17.8 Å². The van der Waals surface area contributed by atoms with Gasteiger partial charge in [0.05, 0.1) is 0 Å². The Morgan fingerprint density at radius 1 is 0.875 bits per heavy atom. The number of halogens is 1. The van der Waals surface area contributed by atoms with Crippen LogP contribution in [0.1, 0.15) is 57.8 Å². The molecule has 0 heterocycles. The van der Waals surface area contributed by atoms with Crippen molar-refractivity contribution in [3.63, 3.8) is 0 Å². The lowest BCUT2D eigenvalue weighted by molar-refractivity contribution is 0.129. The van der Waals surface area contributed by atoms with Crippen molar-refractivity contribution < 1.29 is 4.39 Å². The minimum absolute atomic E-state index is 0.492. The van der Waals surface area contributed by atoms with Crippen molar-refractivity contribution in [2.75, 3.05) is 0 Å². The van der Waals surface area contributed by atoms with Gasteiger partial charge in [-0.15, -0.1) is 6.58 Å². The molecule has 16 heavy (non-hydrogen) atoms. The van der Waals surface area contributed by atoms with E-state index in [-0.39, 0.29) is 0 Å². The Morgan fingerprint density at radius 3 is 1.88 bits per heavy atom. The van der Waals surface area contributed by atoms with Crippen molar-refractivity contribution >= 4 is 0 Å². The van der Waals surface area contributed by atoms with E-state index in [1.807, 2.05) is 0 Å². The second-order valence-electron chi connectivity index (χ2n) is 5.82. The highest BCUT2D eigenvalue weighted by atomic mass is 19.1. The fraction of sp³-hybridized carbons (Fsp3) is 0.867. The molecule has 0 saturated heterocycles. The molecule has 0 nitrogen and oxygen atoms in total. The summed E-state index contributed by atoms with van der Waals surface area (Å²) in [5, 5.41) is 0. The molecule has 2 rings (SSSR count). The van der Waals surface area contributed by atoms with Gasteiger partial charge in [0.1, 0.15) is 6.17 Å². The topological polar surface area (TPSA) is 0 Å². The Bertz CT molecular complexity index is 207. The minimum Gasteiger partial charge on any atom is -0.247 e. The summed E-state index contributed by atoms with van der Waals surface area (Å²) in [5.74, 6) is 2.65. The Morgan fingerprint density at radius 2 is 1.38 bits per heavy atom. The van der Waals surface area contributed by atoms with Crippen LogP contribution in [-0.2, 0) is 0 Å². The van der Waals surface area contributed by atoms with Crippen molar-refractivity contribution in [1.29, 1.82) is 0 Å². The molecule has 0 radical (unpaired) electrons. The zero-order valence-electron chi connectivity index (χ0n) is 10.3. The van der Waals surface area contributed by atoms with Gasteiger partial charge in [-0.05, 0) is 75.5 Å². The fourth-order valence-electron chi connectivity index (χ4n) is 3.68. The molecule has 2 saturated carbocycles. The van der Waals surface area contributed by atoms with Gasteiger partial charge in [-0.1, -0.05) is 6.08 Å². The van der Waals surface area contributed by atoms with Crippen LogP contribution in [0.2, 0.25) is 0 Å². The van der Waals surface area contributed by atoms with E-state index < -0.39 is 6.17 Å². The molecule has 0 amide bonds. The first kappa shape index (κ1) is 12.1. The third-order valence-corrected chi connectivity index (χ3v) is 4.76. The zero-order valence-corrected chi connectivity index (χ0v) is 10.3. The molecule has 0 aromatic carbocycles. The first-order valence-corrected chi connectivity index (χ1v) is 7.04. The molecule has 0 atom stereocenters. The summed E-state index contributed by atoms with van der Waals surface area (Å²) in [6.45, 7) is 3.83. The zero-order chi connectivity index (χ0) is 11.4. The van der Waals surface area contributed by atoms with Crippen molar-refractivity contribution in [3.05, 3.63) is 12.7 Å². The van der Waals surface area contributed by atoms with Gasteiger partial charge in [0.2, 0.25) is 0 Å². The van der Waals surface area contributed by atoms with Gasteiger partial charge in [0, 0.05) is 0 Å². The molecule has 92 valence electrons. The third-order valence-electron chi connectivity index (χ3n) is 4.76. The van der Waals surface area contributed by atoms with Crippen LogP contribution in [0.15, 0.2) is 12.7 Å². The number of rotatable bonds is 3. The van der Waals surface area contributed by atoms with E-state index in [9.17, 15) is 4.39 Å². The average molecular weight is 224 g/mol. The Hall–Kier alpha value is -0.330. The molecule has 0 bridgehead atoms. The number of hydrogen-bond acceptors (Lipinski definition) is 0. The van der Waals surface area contributed by atoms with E-state index in [0.717, 1.165) is 43.4 Å². The first-order chi connectivity index (χ1) is 7.79. The summed E-state index contributed by atoms with van der Waals surface area (Å²) in [6, 6.07) is 0. The molecular formula is C15H25F. The molecule has 0 aliphatic heterocycles. The molecule has 2 aliphatic rings. The van der Waals surface area contributed by atoms with Crippen LogP contribution in [0.3, 0.4) is 0 Å². The van der Waals surface area contributed by atoms with Crippen molar-refractivity contribution in [1.82, 2.24) is 0 Å². The second-order valence-corrected chi connectivity index (χ2v) is 5.82. The molecule has 2 aliphatic carbocycles. The van der Waals surface area contributed by atoms with Crippen LogP contribution >= 0.6 is 0 Å². The lowest BCUT2D eigenvalue weighted by atomic mass is 9.70. The molecular weight excluding hydrogens is 199 g/mol. The molecule has 0 spiro atoms. The average Bonchev–Trinajstić information content (AvgIpc) is 2.32. The summed E-state index contributed by atoms with van der Waals surface area (Å²) in [6.07, 6.45) is 12.3. The second kappa shape index (κ2) is 5.84. The Kier molecular flexibility index (Phi) is 4.43. The monoisotopic (exact) mass is 224 g/mol. The van der Waals surface area contributed by atoms with Gasteiger partial charge in [-0.25, -0.2) is 4.39 Å². The van der Waals surface area contributed by atoms with Crippen molar-refractivity contribution in [2.45, 2.75) is 64.0 Å². The van der Waals surface area contributed by atoms with E-state index in [1.165, 1.54) is 32.1 Å². The maximum atomic E-state index is 13.1. The highest BCUT2D eigenvalue weighted by molar-refractivity contribution is 4.84. The van der Waals surface area contributed by atoms with E-state index >= 15 is 0 Å². The molecule has 0 aromatic rings. The lowest BCUT2D eigenvalue weighted by Gasteiger charge is -2.36. The standard InChI is InChI=1S/C15H25F/c1-2-3-12-4-6-13(7-5-12)14-8-10-15(16)11-9-14/h2,12-15H,1,3-11H2. The van der Waals surface area contributed by atoms with E-state index in [0.29, 0.717) is 0 Å². The molecule has 0 aromatic heterocycles. The first-order valence-electron chi connectivity index (χ1n) is 7.04. The van der Waals surface area contributed by atoms with E-state index in [1.54, 1.807) is 0 Å². The molecule has 2 fully saturated rings. The fourth-order valence-corrected chi connectivity index (χ4v) is 3.68. The third kappa shape index (κ3) is 3.09. The quantitative estimate of drug-likeness (QED) is 0.598. The van der Waals surface area contributed by atoms with Crippen LogP contribution in [0.5, 0.6) is 0 Å². The van der Waals surface area contributed by atoms with Gasteiger partial charge in [-0.3, -0.25) is 0 Å². The van der Waals surface area contributed by atoms with E-state index in [2.05, 4.69) is 12.7 Å². The summed E-state index contributed by atoms with van der Waals surface area (Å²) in [5.41, 5.74) is 0. The predicted octanol–water partition coefficient (Wildman–Crippen LogP) is 4.90. The SMILES string of the molecule is C=CCC1CCC(C2CCC(F)CC2)CC1. The van der Waals surface area contributed by atoms with Crippen LogP contribution in [-0.4, -0.2) is 6.17 Å². The number of hydrogen-bond donors (Lipinski definition) is 0. The van der Waals surface area contributed by atoms with Crippen molar-refractivity contribution in [3.8, 4) is 0 Å². The molecule has 0 unspecified atom stereocenters. The highest BCUT2D eigenvalue weighted by Gasteiger charge is 2.30. The van der Waals surface area contributed by atoms with Gasteiger partial charge in [0.25, 0.3) is 0 Å². The van der Waals surface area contributed by atoms with Gasteiger partial charge in [-0.2, -0.15) is 0 Å². The Balaban J connectivity index is 1.74. The van der Waals surface area contributed by atoms with Gasteiger partial charge in [0.15, 0.2) is 0 Å². The summed E-state index contributed by atoms with van der Waals surface area (Å²) >= 11 is 0. The number of alkyl halides is 1. The predicted molar refractivity (Wildman–Crippen MR) is 67.1 cm³/mol. The Labute approximate surface area is 99.3 Å². The van der Waals surface area contributed by atoms with Crippen LogP contribution in [0.25, 0.3) is 0 Å². The van der Waals surface area contributed by atoms with Crippen LogP contribution in [0.4, 0.5) is 4.39 Å². The molecule has 0 N–H and O–H groups in total. The maximum absolute atomic E-state index is 13.1. The summed E-state index contributed by atoms with van der Waals surface area (Å²) < 4.78 is 13.1. The highest BCUT2D eigenvalue weighted by Crippen LogP contribution is 2.41. The summed E-state index contributed by atoms with van der Waals surface area (Å²) in [4.78, 5) is 0. The summed E-state index contributed by atoms with van der Waals surface area (Å²) in [7, 11) is 0. The maximum Gasteiger partial charge on any atom is 0.100 e. The minimum atomic E-state index is -0.492. The van der Waals surface area contributed by atoms with Gasteiger partial charge < -0.3 is 0 Å².